The maximum absolute atomic E-state index is 12.2. The zero-order chi connectivity index (χ0) is 14.2. The highest BCUT2D eigenvalue weighted by atomic mass is 35.5. The largest absolute Gasteiger partial charge is 0.481 e. The fourth-order valence-corrected chi connectivity index (χ4v) is 2.66. The lowest BCUT2D eigenvalue weighted by Crippen LogP contribution is -2.36. The minimum absolute atomic E-state index is 0.212. The van der Waals surface area contributed by atoms with Gasteiger partial charge in [0.15, 0.2) is 0 Å². The molecule has 104 valence electrons. The van der Waals surface area contributed by atoms with Crippen LogP contribution in [0.1, 0.15) is 30.3 Å². The standard InChI is InChI=1S/C12H14Cl2N2O3/c1-2-12(11(18)19)3-4-16(6-12)10(17)8-5-7(13)9(14)15-8/h5,15H,2-4,6H2,1H3,(H,18,19). The van der Waals surface area contributed by atoms with Crippen molar-refractivity contribution in [2.45, 2.75) is 19.8 Å². The summed E-state index contributed by atoms with van der Waals surface area (Å²) in [5.41, 5.74) is -0.553. The van der Waals surface area contributed by atoms with Crippen LogP contribution in [0.4, 0.5) is 0 Å². The van der Waals surface area contributed by atoms with Crippen LogP contribution in [0.15, 0.2) is 6.07 Å². The number of H-pyrrole nitrogens is 1. The predicted molar refractivity (Wildman–Crippen MR) is 71.7 cm³/mol. The van der Waals surface area contributed by atoms with E-state index in [1.807, 2.05) is 6.92 Å². The number of rotatable bonds is 3. The van der Waals surface area contributed by atoms with E-state index in [1.54, 1.807) is 0 Å². The van der Waals surface area contributed by atoms with Gasteiger partial charge < -0.3 is 15.0 Å². The number of halogens is 2. The third-order valence-electron chi connectivity index (χ3n) is 3.73. The predicted octanol–water partition coefficient (Wildman–Crippen LogP) is 2.65. The first-order valence-corrected chi connectivity index (χ1v) is 6.72. The van der Waals surface area contributed by atoms with Crippen LogP contribution in [0.5, 0.6) is 0 Å². The Morgan fingerprint density at radius 3 is 2.63 bits per heavy atom. The van der Waals surface area contributed by atoms with E-state index in [9.17, 15) is 14.7 Å². The number of hydrogen-bond donors (Lipinski definition) is 2. The maximum atomic E-state index is 12.2. The summed E-state index contributed by atoms with van der Waals surface area (Å²) >= 11 is 11.5. The maximum Gasteiger partial charge on any atom is 0.311 e. The van der Waals surface area contributed by atoms with Crippen molar-refractivity contribution in [2.24, 2.45) is 5.41 Å². The Bertz CT molecular complexity index is 510. The molecule has 1 aromatic heterocycles. The summed E-state index contributed by atoms with van der Waals surface area (Å²) in [5.74, 6) is -1.13. The van der Waals surface area contributed by atoms with Gasteiger partial charge in [-0.05, 0) is 18.9 Å². The molecule has 1 aromatic rings. The van der Waals surface area contributed by atoms with Crippen LogP contribution < -0.4 is 0 Å². The van der Waals surface area contributed by atoms with E-state index in [2.05, 4.69) is 4.98 Å². The molecule has 0 aliphatic carbocycles. The highest BCUT2D eigenvalue weighted by Gasteiger charge is 2.45. The summed E-state index contributed by atoms with van der Waals surface area (Å²) in [6.07, 6.45) is 0.963. The van der Waals surface area contributed by atoms with E-state index in [0.29, 0.717) is 19.4 Å². The van der Waals surface area contributed by atoms with Crippen LogP contribution >= 0.6 is 23.2 Å². The van der Waals surface area contributed by atoms with Crippen LogP contribution in [0.3, 0.4) is 0 Å². The third kappa shape index (κ3) is 2.44. The molecule has 2 heterocycles. The van der Waals surface area contributed by atoms with Gasteiger partial charge in [0.05, 0.1) is 10.4 Å². The number of aliphatic carboxylic acids is 1. The molecule has 0 bridgehead atoms. The SMILES string of the molecule is CCC1(C(=O)O)CCN(C(=O)c2cc(Cl)c(Cl)[nH]2)C1. The summed E-state index contributed by atoms with van der Waals surface area (Å²) < 4.78 is 0. The molecular weight excluding hydrogens is 291 g/mol. The van der Waals surface area contributed by atoms with E-state index >= 15 is 0 Å². The molecule has 0 spiro atoms. The summed E-state index contributed by atoms with van der Waals surface area (Å²) in [5, 5.41) is 9.79. The number of likely N-dealkylation sites (tertiary alicyclic amines) is 1. The topological polar surface area (TPSA) is 73.4 Å². The molecule has 2 rings (SSSR count). The fraction of sp³-hybridized carbons (Fsp3) is 0.500. The number of aromatic amines is 1. The summed E-state index contributed by atoms with van der Waals surface area (Å²) in [4.78, 5) is 27.8. The van der Waals surface area contributed by atoms with E-state index in [1.165, 1.54) is 11.0 Å². The Hall–Kier alpha value is -1.20. The van der Waals surface area contributed by atoms with Gasteiger partial charge in [-0.2, -0.15) is 0 Å². The zero-order valence-electron chi connectivity index (χ0n) is 10.4. The molecule has 1 saturated heterocycles. The van der Waals surface area contributed by atoms with Crippen LogP contribution in [0.2, 0.25) is 10.2 Å². The lowest BCUT2D eigenvalue weighted by Gasteiger charge is -2.22. The average molecular weight is 305 g/mol. The van der Waals surface area contributed by atoms with Crippen molar-refractivity contribution in [3.8, 4) is 0 Å². The van der Waals surface area contributed by atoms with Gasteiger partial charge in [-0.3, -0.25) is 9.59 Å². The van der Waals surface area contributed by atoms with Gasteiger partial charge in [-0.1, -0.05) is 30.1 Å². The van der Waals surface area contributed by atoms with Gasteiger partial charge in [0, 0.05) is 13.1 Å². The first-order chi connectivity index (χ1) is 8.89. The number of nitrogens with zero attached hydrogens (tertiary/aromatic N) is 1. The first-order valence-electron chi connectivity index (χ1n) is 5.96. The van der Waals surface area contributed by atoms with Crippen LogP contribution in [0.25, 0.3) is 0 Å². The quantitative estimate of drug-likeness (QED) is 0.901. The first kappa shape index (κ1) is 14.2. The van der Waals surface area contributed by atoms with E-state index in [0.717, 1.165) is 0 Å². The monoisotopic (exact) mass is 304 g/mol. The number of aromatic nitrogens is 1. The molecule has 0 radical (unpaired) electrons. The Balaban J connectivity index is 2.17. The van der Waals surface area contributed by atoms with Crippen molar-refractivity contribution in [3.63, 3.8) is 0 Å². The number of carboxylic acid groups (broad SMARTS) is 1. The molecule has 1 unspecified atom stereocenters. The summed E-state index contributed by atoms with van der Waals surface area (Å²) in [7, 11) is 0. The van der Waals surface area contributed by atoms with Gasteiger partial charge in [-0.25, -0.2) is 0 Å². The van der Waals surface area contributed by atoms with Gasteiger partial charge in [-0.15, -0.1) is 0 Å². The lowest BCUT2D eigenvalue weighted by molar-refractivity contribution is -0.148. The van der Waals surface area contributed by atoms with Crippen molar-refractivity contribution < 1.29 is 14.7 Å². The number of nitrogens with one attached hydrogen (secondary N) is 1. The molecule has 1 aliphatic heterocycles. The van der Waals surface area contributed by atoms with Gasteiger partial charge in [0.25, 0.3) is 5.91 Å². The number of carbonyl (C=O) groups is 2. The van der Waals surface area contributed by atoms with Crippen molar-refractivity contribution in [2.75, 3.05) is 13.1 Å². The minimum atomic E-state index is -0.854. The van der Waals surface area contributed by atoms with Gasteiger partial charge in [0.2, 0.25) is 0 Å². The smallest absolute Gasteiger partial charge is 0.311 e. The minimum Gasteiger partial charge on any atom is -0.481 e. The summed E-state index contributed by atoms with van der Waals surface area (Å²) in [6, 6.07) is 1.46. The van der Waals surface area contributed by atoms with Crippen molar-refractivity contribution in [3.05, 3.63) is 21.9 Å². The molecule has 1 fully saturated rings. The molecule has 19 heavy (non-hydrogen) atoms. The van der Waals surface area contributed by atoms with Crippen molar-refractivity contribution in [1.29, 1.82) is 0 Å². The molecule has 1 atom stereocenters. The third-order valence-corrected chi connectivity index (χ3v) is 4.42. The number of amides is 1. The zero-order valence-corrected chi connectivity index (χ0v) is 11.9. The second kappa shape index (κ2) is 5.06. The molecule has 2 N–H and O–H groups in total. The Kier molecular flexibility index (Phi) is 3.78. The average Bonchev–Trinajstić information content (AvgIpc) is 2.94. The Labute approximate surface area is 120 Å². The van der Waals surface area contributed by atoms with Crippen LogP contribution in [0, 0.1) is 5.41 Å². The molecule has 1 amide bonds. The lowest BCUT2D eigenvalue weighted by atomic mass is 9.84. The second-order valence-corrected chi connectivity index (χ2v) is 5.55. The number of carboxylic acids is 1. The highest BCUT2D eigenvalue weighted by Crippen LogP contribution is 2.35. The number of carbonyl (C=O) groups excluding carboxylic acids is 1. The molecular formula is C12H14Cl2N2O3. The Morgan fingerprint density at radius 1 is 1.53 bits per heavy atom. The van der Waals surface area contributed by atoms with E-state index in [-0.39, 0.29) is 28.3 Å². The molecule has 1 aliphatic rings. The van der Waals surface area contributed by atoms with Crippen LogP contribution in [-0.4, -0.2) is 40.0 Å². The Morgan fingerprint density at radius 2 is 2.21 bits per heavy atom. The molecule has 5 nitrogen and oxygen atoms in total. The molecule has 0 aromatic carbocycles. The van der Waals surface area contributed by atoms with Crippen molar-refractivity contribution >= 4 is 35.1 Å². The summed E-state index contributed by atoms with van der Waals surface area (Å²) in [6.45, 7) is 2.46. The molecule has 0 saturated carbocycles. The van der Waals surface area contributed by atoms with E-state index in [4.69, 9.17) is 23.2 Å². The van der Waals surface area contributed by atoms with E-state index < -0.39 is 11.4 Å². The normalized spacial score (nSPS) is 22.8. The van der Waals surface area contributed by atoms with Gasteiger partial charge >= 0.3 is 5.97 Å². The van der Waals surface area contributed by atoms with Crippen LogP contribution in [-0.2, 0) is 4.79 Å². The van der Waals surface area contributed by atoms with Crippen molar-refractivity contribution in [1.82, 2.24) is 9.88 Å². The second-order valence-electron chi connectivity index (χ2n) is 4.76. The number of hydrogen-bond acceptors (Lipinski definition) is 2. The fourth-order valence-electron chi connectivity index (χ4n) is 2.35. The molecule has 7 heteroatoms. The van der Waals surface area contributed by atoms with Gasteiger partial charge in [0.1, 0.15) is 10.8 Å². The highest BCUT2D eigenvalue weighted by molar-refractivity contribution is 6.41.